The molecule has 16 heteroatoms. The molecule has 0 bridgehead atoms. The number of aliphatic hydroxyl groups excluding tert-OH is 1. The molecule has 0 saturated carbocycles. The molecule has 3 aromatic heterocycles. The molecule has 57 heavy (non-hydrogen) atoms. The van der Waals surface area contributed by atoms with Gasteiger partial charge in [0.15, 0.2) is 11.5 Å². The fraction of sp³-hybridized carbons (Fsp3) is 0.244. The first-order valence-corrected chi connectivity index (χ1v) is 18.2. The number of hydrogen-bond donors (Lipinski definition) is 5. The van der Waals surface area contributed by atoms with E-state index in [1.807, 2.05) is 24.3 Å². The van der Waals surface area contributed by atoms with Crippen LogP contribution in [0, 0.1) is 16.6 Å². The zero-order chi connectivity index (χ0) is 40.4. The lowest BCUT2D eigenvalue weighted by molar-refractivity contribution is -0.214. The van der Waals surface area contributed by atoms with Gasteiger partial charge < -0.3 is 41.3 Å². The first kappa shape index (κ1) is 38.5. The number of nitrogens with one attached hydrogen (secondary N) is 3. The normalized spacial score (nSPS) is 13.2. The summed E-state index contributed by atoms with van der Waals surface area (Å²) in [5.41, 5.74) is 1.59. The summed E-state index contributed by atoms with van der Waals surface area (Å²) in [5.74, 6) is -1.45. The van der Waals surface area contributed by atoms with Crippen molar-refractivity contribution >= 4 is 45.9 Å². The van der Waals surface area contributed by atoms with E-state index in [4.69, 9.17) is 10.8 Å². The molecule has 0 spiro atoms. The lowest BCUT2D eigenvalue weighted by Crippen LogP contribution is -2.49. The molecule has 1 saturated heterocycles. The van der Waals surface area contributed by atoms with Crippen molar-refractivity contribution in [2.45, 2.75) is 32.4 Å². The molecule has 1 amide bonds. The van der Waals surface area contributed by atoms with Gasteiger partial charge >= 0.3 is 0 Å². The van der Waals surface area contributed by atoms with Crippen LogP contribution >= 0.6 is 0 Å². The highest BCUT2D eigenvalue weighted by molar-refractivity contribution is 6.08. The van der Waals surface area contributed by atoms with Crippen LogP contribution in [0.1, 0.15) is 46.6 Å². The highest BCUT2D eigenvalue weighted by atomic mass is 19.1. The predicted octanol–water partition coefficient (Wildman–Crippen LogP) is 3.34. The maximum absolute atomic E-state index is 15.0. The average molecular weight is 772 g/mol. The SMILES string of the molecule is CC(C)(O)c1cccc(-n2c3nc(Nc4ccc(N5CCN(C(=O)c6cc(CC(=N)c7ccccc7C(=N)[O-])ccc6F)CC5)cc4)ncc3c(=O)n2CCO)n1. The zero-order valence-corrected chi connectivity index (χ0v) is 31.2. The summed E-state index contributed by atoms with van der Waals surface area (Å²) in [6, 6.07) is 23.2. The first-order valence-electron chi connectivity index (χ1n) is 18.2. The number of piperazine rings is 1. The minimum absolute atomic E-state index is 0.0122. The van der Waals surface area contributed by atoms with Crippen molar-refractivity contribution in [2.24, 2.45) is 0 Å². The summed E-state index contributed by atoms with van der Waals surface area (Å²) in [7, 11) is 0. The van der Waals surface area contributed by atoms with Gasteiger partial charge in [-0.25, -0.2) is 23.7 Å². The molecule has 7 rings (SSSR count). The Morgan fingerprint density at radius 3 is 2.33 bits per heavy atom. The molecule has 0 radical (unpaired) electrons. The number of hydrogen-bond acceptors (Lipinski definition) is 12. The van der Waals surface area contributed by atoms with E-state index in [1.165, 1.54) is 39.8 Å². The van der Waals surface area contributed by atoms with Crippen LogP contribution in [0.3, 0.4) is 0 Å². The molecule has 15 nitrogen and oxygen atoms in total. The topological polar surface area (TPSA) is 212 Å². The van der Waals surface area contributed by atoms with Crippen LogP contribution in [0.4, 0.5) is 21.7 Å². The number of anilines is 3. The number of aliphatic hydroxyl groups is 2. The molecular formula is C41H40FN10O5-. The number of amides is 1. The lowest BCUT2D eigenvalue weighted by atomic mass is 9.96. The number of carbonyl (C=O) groups is 1. The van der Waals surface area contributed by atoms with E-state index in [2.05, 4.69) is 25.2 Å². The number of halogens is 1. The molecule has 0 atom stereocenters. The summed E-state index contributed by atoms with van der Waals surface area (Å²) in [5, 5.41) is 51.5. The van der Waals surface area contributed by atoms with E-state index < -0.39 is 28.8 Å². The molecule has 292 valence electrons. The number of rotatable bonds is 12. The Kier molecular flexibility index (Phi) is 10.6. The van der Waals surface area contributed by atoms with Crippen LogP contribution in [0.15, 0.2) is 95.9 Å². The number of aromatic nitrogens is 5. The minimum atomic E-state index is -1.23. The van der Waals surface area contributed by atoms with Gasteiger partial charge in [0.05, 0.1) is 24.4 Å². The van der Waals surface area contributed by atoms with E-state index >= 15 is 0 Å². The van der Waals surface area contributed by atoms with Crippen molar-refractivity contribution < 1.29 is 24.5 Å². The zero-order valence-electron chi connectivity index (χ0n) is 31.2. The summed E-state index contributed by atoms with van der Waals surface area (Å²) >= 11 is 0. The maximum atomic E-state index is 15.0. The molecule has 0 unspecified atom stereocenters. The molecular weight excluding hydrogens is 732 g/mol. The van der Waals surface area contributed by atoms with Crippen molar-refractivity contribution in [2.75, 3.05) is 43.0 Å². The summed E-state index contributed by atoms with van der Waals surface area (Å²) < 4.78 is 17.8. The van der Waals surface area contributed by atoms with E-state index in [0.717, 1.165) is 5.69 Å². The smallest absolute Gasteiger partial charge is 0.278 e. The monoisotopic (exact) mass is 771 g/mol. The fourth-order valence-corrected chi connectivity index (χ4v) is 6.81. The van der Waals surface area contributed by atoms with Gasteiger partial charge in [-0.2, -0.15) is 4.98 Å². The second-order valence-corrected chi connectivity index (χ2v) is 14.1. The molecule has 1 fully saturated rings. The standard InChI is InChI=1S/C41H41FN10O5/c1-41(2,57)34-8-5-9-35(47-34)52-37-31(39(56)51(52)20-21-53)24-45-40(48-37)46-26-11-13-27(14-12-26)49-16-18-50(19-17-49)38(55)30-22-25(10-15-32(30)42)23-33(43)28-6-3-4-7-29(28)36(44)54/h3-15,22,24,43,53,57H,16-21,23H2,1-2H3,(H2,44,54)(H,45,46,48)/p-1. The molecule has 1 aliphatic heterocycles. The van der Waals surface area contributed by atoms with Crippen molar-refractivity contribution in [1.82, 2.24) is 29.2 Å². The van der Waals surface area contributed by atoms with Gasteiger partial charge in [0, 0.05) is 61.4 Å². The Balaban J connectivity index is 1.02. The van der Waals surface area contributed by atoms with Gasteiger partial charge in [-0.3, -0.25) is 9.59 Å². The van der Waals surface area contributed by atoms with Crippen LogP contribution in [-0.2, 0) is 18.6 Å². The number of fused-ring (bicyclic) bond motifs is 1. The lowest BCUT2D eigenvalue weighted by Gasteiger charge is -2.36. The third-order valence-electron chi connectivity index (χ3n) is 9.76. The Hall–Kier alpha value is -6.78. The van der Waals surface area contributed by atoms with Crippen LogP contribution in [0.25, 0.3) is 16.9 Å². The van der Waals surface area contributed by atoms with Crippen molar-refractivity contribution in [3.8, 4) is 5.82 Å². The second-order valence-electron chi connectivity index (χ2n) is 14.1. The van der Waals surface area contributed by atoms with E-state index in [0.29, 0.717) is 54.5 Å². The van der Waals surface area contributed by atoms with Crippen molar-refractivity contribution in [3.63, 3.8) is 0 Å². The van der Waals surface area contributed by atoms with Crippen molar-refractivity contribution in [1.29, 1.82) is 10.8 Å². The Morgan fingerprint density at radius 1 is 0.930 bits per heavy atom. The Bertz CT molecular complexity index is 2550. The fourth-order valence-electron chi connectivity index (χ4n) is 6.81. The number of carbonyl (C=O) groups excluding carboxylic acids is 1. The summed E-state index contributed by atoms with van der Waals surface area (Å²) in [4.78, 5) is 44.1. The van der Waals surface area contributed by atoms with Crippen LogP contribution in [0.5, 0.6) is 0 Å². The third kappa shape index (κ3) is 7.99. The largest absolute Gasteiger partial charge is 0.859 e. The first-order chi connectivity index (χ1) is 27.3. The van der Waals surface area contributed by atoms with Gasteiger partial charge in [-0.15, -0.1) is 0 Å². The van der Waals surface area contributed by atoms with Crippen LogP contribution < -0.4 is 20.9 Å². The van der Waals surface area contributed by atoms with E-state index in [-0.39, 0.29) is 53.4 Å². The highest BCUT2D eigenvalue weighted by Gasteiger charge is 2.26. The number of pyridine rings is 1. The van der Waals surface area contributed by atoms with E-state index in [9.17, 15) is 29.3 Å². The minimum Gasteiger partial charge on any atom is -0.859 e. The highest BCUT2D eigenvalue weighted by Crippen LogP contribution is 2.25. The summed E-state index contributed by atoms with van der Waals surface area (Å²) in [6.07, 6.45) is 1.47. The van der Waals surface area contributed by atoms with Gasteiger partial charge in [0.1, 0.15) is 16.8 Å². The average Bonchev–Trinajstić information content (AvgIpc) is 3.48. The Morgan fingerprint density at radius 2 is 1.65 bits per heavy atom. The number of benzene rings is 3. The van der Waals surface area contributed by atoms with Crippen molar-refractivity contribution in [3.05, 3.63) is 135 Å². The second kappa shape index (κ2) is 15.8. The molecule has 5 N–H and O–H groups in total. The Labute approximate surface area is 326 Å². The molecule has 6 aromatic rings. The third-order valence-corrected chi connectivity index (χ3v) is 9.76. The van der Waals surface area contributed by atoms with Gasteiger partial charge in [0.2, 0.25) is 5.95 Å². The molecule has 3 aromatic carbocycles. The van der Waals surface area contributed by atoms with Crippen LogP contribution in [-0.4, -0.2) is 89.7 Å². The van der Waals surface area contributed by atoms with Crippen LogP contribution in [0.2, 0.25) is 0 Å². The van der Waals surface area contributed by atoms with E-state index in [1.54, 1.807) is 55.1 Å². The molecule has 4 heterocycles. The quantitative estimate of drug-likeness (QED) is 0.0905. The van der Waals surface area contributed by atoms with Gasteiger partial charge in [-0.05, 0) is 79.4 Å². The molecule has 1 aliphatic rings. The predicted molar refractivity (Wildman–Crippen MR) is 211 cm³/mol. The van der Waals surface area contributed by atoms with Gasteiger partial charge in [0.25, 0.3) is 11.5 Å². The number of nitrogens with zero attached hydrogens (tertiary/aromatic N) is 7. The maximum Gasteiger partial charge on any atom is 0.278 e. The molecule has 0 aliphatic carbocycles. The summed E-state index contributed by atoms with van der Waals surface area (Å²) in [6.45, 7) is 4.64. The van der Waals surface area contributed by atoms with Gasteiger partial charge in [-0.1, -0.05) is 36.4 Å².